The van der Waals surface area contributed by atoms with Crippen LogP contribution in [0.15, 0.2) is 35.8 Å². The molecule has 0 aromatic rings. The van der Waals surface area contributed by atoms with Crippen molar-refractivity contribution in [1.29, 1.82) is 5.26 Å². The average molecular weight is 205 g/mol. The zero-order valence-electron chi connectivity index (χ0n) is 8.66. The van der Waals surface area contributed by atoms with Gasteiger partial charge in [-0.2, -0.15) is 5.26 Å². The van der Waals surface area contributed by atoms with Crippen LogP contribution in [-0.2, 0) is 0 Å². The smallest absolute Gasteiger partial charge is 0.0994 e. The van der Waals surface area contributed by atoms with Crippen LogP contribution in [0.25, 0.3) is 0 Å². The molecular formula is C12H15NS. The number of thioether (sulfide) groups is 1. The maximum Gasteiger partial charge on any atom is 0.0994 e. The van der Waals surface area contributed by atoms with Crippen LogP contribution in [0.2, 0.25) is 0 Å². The lowest BCUT2D eigenvalue weighted by atomic mass is 9.85. The summed E-state index contributed by atoms with van der Waals surface area (Å²) in [6, 6.07) is 2.34. The summed E-state index contributed by atoms with van der Waals surface area (Å²) in [4.78, 5) is 1.11. The predicted octanol–water partition coefficient (Wildman–Crippen LogP) is 3.52. The maximum absolute atomic E-state index is 9.00. The fourth-order valence-electron chi connectivity index (χ4n) is 1.68. The van der Waals surface area contributed by atoms with Crippen LogP contribution < -0.4 is 0 Å². The quantitative estimate of drug-likeness (QED) is 0.688. The van der Waals surface area contributed by atoms with E-state index in [0.717, 1.165) is 4.91 Å². The van der Waals surface area contributed by atoms with Gasteiger partial charge in [0.1, 0.15) is 0 Å². The summed E-state index contributed by atoms with van der Waals surface area (Å²) in [5.41, 5.74) is 1.23. The molecule has 0 bridgehead atoms. The van der Waals surface area contributed by atoms with Gasteiger partial charge in [0.2, 0.25) is 0 Å². The van der Waals surface area contributed by atoms with Crippen molar-refractivity contribution in [3.05, 3.63) is 35.8 Å². The van der Waals surface area contributed by atoms with Crippen molar-refractivity contribution < 1.29 is 0 Å². The van der Waals surface area contributed by atoms with Gasteiger partial charge in [0.25, 0.3) is 0 Å². The summed E-state index contributed by atoms with van der Waals surface area (Å²) >= 11 is 1.61. The van der Waals surface area contributed by atoms with Crippen molar-refractivity contribution in [3.8, 4) is 6.07 Å². The number of rotatable bonds is 2. The van der Waals surface area contributed by atoms with Gasteiger partial charge in [-0.3, -0.25) is 0 Å². The number of hydrogen-bond acceptors (Lipinski definition) is 2. The van der Waals surface area contributed by atoms with E-state index >= 15 is 0 Å². The molecule has 0 radical (unpaired) electrons. The van der Waals surface area contributed by atoms with E-state index in [-0.39, 0.29) is 5.25 Å². The first kappa shape index (κ1) is 11.1. The summed E-state index contributed by atoms with van der Waals surface area (Å²) in [7, 11) is 0. The fourth-order valence-corrected chi connectivity index (χ4v) is 2.96. The molecule has 74 valence electrons. The van der Waals surface area contributed by atoms with E-state index < -0.39 is 0 Å². The molecule has 1 aliphatic heterocycles. The second-order valence-electron chi connectivity index (χ2n) is 3.54. The largest absolute Gasteiger partial charge is 0.197 e. The van der Waals surface area contributed by atoms with Crippen molar-refractivity contribution in [2.45, 2.75) is 19.1 Å². The molecule has 1 nitrogen and oxygen atoms in total. The third-order valence-corrected chi connectivity index (χ3v) is 4.27. The summed E-state index contributed by atoms with van der Waals surface area (Å²) in [6.45, 7) is 11.9. The highest BCUT2D eigenvalue weighted by atomic mass is 32.2. The predicted molar refractivity (Wildman–Crippen MR) is 62.7 cm³/mol. The first-order chi connectivity index (χ1) is 6.65. The lowest BCUT2D eigenvalue weighted by Gasteiger charge is -2.31. The maximum atomic E-state index is 9.00. The standard InChI is InChI=1S/C12H15NS/c1-5-10-8(3)9(4)12(7-13)14-11(10)6-2/h5-6,8-9,12H,1-2H2,3-4H3. The zero-order valence-corrected chi connectivity index (χ0v) is 9.47. The highest BCUT2D eigenvalue weighted by Crippen LogP contribution is 2.42. The molecule has 0 N–H and O–H groups in total. The Balaban J connectivity index is 3.11. The molecule has 14 heavy (non-hydrogen) atoms. The van der Waals surface area contributed by atoms with E-state index in [1.807, 2.05) is 12.2 Å². The Hall–Kier alpha value is -0.940. The summed E-state index contributed by atoms with van der Waals surface area (Å²) in [6.07, 6.45) is 3.72. The number of nitrogens with zero attached hydrogens (tertiary/aromatic N) is 1. The van der Waals surface area contributed by atoms with Crippen LogP contribution in [0.4, 0.5) is 0 Å². The Morgan fingerprint density at radius 2 is 2.00 bits per heavy atom. The minimum Gasteiger partial charge on any atom is -0.197 e. The van der Waals surface area contributed by atoms with E-state index in [0.29, 0.717) is 11.8 Å². The van der Waals surface area contributed by atoms with Crippen molar-refractivity contribution >= 4 is 11.8 Å². The summed E-state index contributed by atoms with van der Waals surface area (Å²) in [5.74, 6) is 0.771. The van der Waals surface area contributed by atoms with Gasteiger partial charge in [-0.1, -0.05) is 39.2 Å². The SMILES string of the molecule is C=CC1=C(C=C)C(C)C(C)C(C#N)S1. The van der Waals surface area contributed by atoms with Crippen LogP contribution >= 0.6 is 11.8 Å². The van der Waals surface area contributed by atoms with Crippen molar-refractivity contribution in [3.63, 3.8) is 0 Å². The van der Waals surface area contributed by atoms with Crippen LogP contribution in [0.1, 0.15) is 13.8 Å². The van der Waals surface area contributed by atoms with Gasteiger partial charge >= 0.3 is 0 Å². The van der Waals surface area contributed by atoms with E-state index in [4.69, 9.17) is 5.26 Å². The third kappa shape index (κ3) is 1.78. The Labute approximate surface area is 90.2 Å². The Morgan fingerprint density at radius 1 is 1.36 bits per heavy atom. The number of allylic oxidation sites excluding steroid dienone is 3. The number of nitriles is 1. The molecule has 0 aliphatic carbocycles. The normalized spacial score (nSPS) is 32.2. The molecule has 2 heteroatoms. The molecule has 1 rings (SSSR count). The topological polar surface area (TPSA) is 23.8 Å². The molecule has 3 atom stereocenters. The third-order valence-electron chi connectivity index (χ3n) is 2.83. The molecule has 0 amide bonds. The highest BCUT2D eigenvalue weighted by molar-refractivity contribution is 8.04. The van der Waals surface area contributed by atoms with Gasteiger partial charge in [0, 0.05) is 4.91 Å². The molecule has 1 aliphatic rings. The molecule has 0 saturated heterocycles. The van der Waals surface area contributed by atoms with Crippen LogP contribution in [0, 0.1) is 23.2 Å². The van der Waals surface area contributed by atoms with Gasteiger partial charge in [-0.25, -0.2) is 0 Å². The number of hydrogen-bond donors (Lipinski definition) is 0. The molecule has 0 aromatic heterocycles. The molecule has 0 fully saturated rings. The zero-order chi connectivity index (χ0) is 10.7. The highest BCUT2D eigenvalue weighted by Gasteiger charge is 2.31. The van der Waals surface area contributed by atoms with Gasteiger partial charge in [-0.15, -0.1) is 11.8 Å². The van der Waals surface area contributed by atoms with Gasteiger partial charge in [-0.05, 0) is 17.4 Å². The Kier molecular flexibility index (Phi) is 3.60. The average Bonchev–Trinajstić information content (AvgIpc) is 2.21. The summed E-state index contributed by atoms with van der Waals surface area (Å²) < 4.78 is 0. The Morgan fingerprint density at radius 3 is 2.43 bits per heavy atom. The molecule has 0 spiro atoms. The monoisotopic (exact) mass is 205 g/mol. The first-order valence-corrected chi connectivity index (χ1v) is 5.59. The van der Waals surface area contributed by atoms with Crippen molar-refractivity contribution in [2.24, 2.45) is 11.8 Å². The minimum absolute atomic E-state index is 0.0432. The van der Waals surface area contributed by atoms with Crippen LogP contribution in [-0.4, -0.2) is 5.25 Å². The Bertz CT molecular complexity index is 322. The fraction of sp³-hybridized carbons (Fsp3) is 0.417. The first-order valence-electron chi connectivity index (χ1n) is 4.71. The molecular weight excluding hydrogens is 190 g/mol. The summed E-state index contributed by atoms with van der Waals surface area (Å²) in [5, 5.41) is 9.04. The molecule has 0 saturated carbocycles. The van der Waals surface area contributed by atoms with Gasteiger partial charge < -0.3 is 0 Å². The lowest BCUT2D eigenvalue weighted by molar-refractivity contribution is 0.459. The van der Waals surface area contributed by atoms with Crippen molar-refractivity contribution in [2.75, 3.05) is 0 Å². The van der Waals surface area contributed by atoms with Crippen molar-refractivity contribution in [1.82, 2.24) is 0 Å². The minimum atomic E-state index is 0.0432. The van der Waals surface area contributed by atoms with Gasteiger partial charge in [0.05, 0.1) is 11.3 Å². The lowest BCUT2D eigenvalue weighted by Crippen LogP contribution is -2.25. The van der Waals surface area contributed by atoms with E-state index in [9.17, 15) is 0 Å². The van der Waals surface area contributed by atoms with E-state index in [1.54, 1.807) is 11.8 Å². The second-order valence-corrected chi connectivity index (χ2v) is 4.73. The van der Waals surface area contributed by atoms with E-state index in [1.165, 1.54) is 5.57 Å². The molecule has 1 heterocycles. The molecule has 0 aromatic carbocycles. The van der Waals surface area contributed by atoms with Crippen LogP contribution in [0.3, 0.4) is 0 Å². The van der Waals surface area contributed by atoms with E-state index in [2.05, 4.69) is 33.1 Å². The van der Waals surface area contributed by atoms with Gasteiger partial charge in [0.15, 0.2) is 0 Å². The molecule has 3 unspecified atom stereocenters. The second kappa shape index (κ2) is 4.52. The van der Waals surface area contributed by atoms with Crippen LogP contribution in [0.5, 0.6) is 0 Å².